The van der Waals surface area contributed by atoms with Crippen molar-refractivity contribution in [3.05, 3.63) is 89.2 Å². The molecule has 0 bridgehead atoms. The van der Waals surface area contributed by atoms with Gasteiger partial charge >= 0.3 is 0 Å². The van der Waals surface area contributed by atoms with Crippen LogP contribution in [0.1, 0.15) is 12.5 Å². The number of hydrogen-bond acceptors (Lipinski definition) is 4. The van der Waals surface area contributed by atoms with E-state index in [1.54, 1.807) is 31.2 Å². The number of sulfonamides is 1. The van der Waals surface area contributed by atoms with Crippen molar-refractivity contribution in [3.8, 4) is 5.75 Å². The number of halogens is 2. The lowest BCUT2D eigenvalue weighted by atomic mass is 10.1. The summed E-state index contributed by atoms with van der Waals surface area (Å²) in [4.78, 5) is 12.8. The molecule has 0 aliphatic heterocycles. The predicted octanol–water partition coefficient (Wildman–Crippen LogP) is 4.41. The summed E-state index contributed by atoms with van der Waals surface area (Å²) in [6, 6.07) is 17.2. The highest BCUT2D eigenvalue weighted by Gasteiger charge is 2.27. The van der Waals surface area contributed by atoms with Crippen LogP contribution in [0.4, 0.5) is 10.1 Å². The predicted molar refractivity (Wildman–Crippen MR) is 122 cm³/mol. The molecule has 1 atom stereocenters. The second-order valence-electron chi connectivity index (χ2n) is 6.88. The van der Waals surface area contributed by atoms with Gasteiger partial charge in [0.2, 0.25) is 15.9 Å². The first kappa shape index (κ1) is 23.7. The Balaban J connectivity index is 1.86. The third-order valence-electron chi connectivity index (χ3n) is 4.52. The molecule has 0 heterocycles. The molecule has 0 aliphatic rings. The quantitative estimate of drug-likeness (QED) is 0.479. The summed E-state index contributed by atoms with van der Waals surface area (Å²) < 4.78 is 47.0. The molecule has 0 aliphatic carbocycles. The van der Waals surface area contributed by atoms with E-state index in [-0.39, 0.29) is 16.3 Å². The van der Waals surface area contributed by atoms with E-state index in [1.807, 2.05) is 6.07 Å². The van der Waals surface area contributed by atoms with Crippen molar-refractivity contribution in [2.75, 3.05) is 11.9 Å². The third kappa shape index (κ3) is 6.29. The molecule has 3 aromatic carbocycles. The van der Waals surface area contributed by atoms with Crippen LogP contribution in [-0.4, -0.2) is 27.0 Å². The second-order valence-corrected chi connectivity index (χ2v) is 9.01. The molecule has 3 rings (SSSR count). The summed E-state index contributed by atoms with van der Waals surface area (Å²) in [5, 5.41) is 2.77. The zero-order valence-electron chi connectivity index (χ0n) is 17.2. The minimum absolute atomic E-state index is 0.0985. The van der Waals surface area contributed by atoms with Gasteiger partial charge in [-0.3, -0.25) is 4.79 Å². The molecule has 0 aromatic heterocycles. The summed E-state index contributed by atoms with van der Waals surface area (Å²) in [6.45, 7) is 2.17. The number of rotatable bonds is 9. The molecule has 0 fully saturated rings. The van der Waals surface area contributed by atoms with Crippen molar-refractivity contribution in [2.45, 2.75) is 24.3 Å². The molecule has 0 spiro atoms. The van der Waals surface area contributed by atoms with Gasteiger partial charge in [-0.15, -0.1) is 0 Å². The Morgan fingerprint density at radius 3 is 2.38 bits per heavy atom. The Kier molecular flexibility index (Phi) is 7.84. The molecule has 1 amide bonds. The van der Waals surface area contributed by atoms with Gasteiger partial charge in [0.1, 0.15) is 17.6 Å². The molecule has 9 heteroatoms. The van der Waals surface area contributed by atoms with Crippen LogP contribution >= 0.6 is 11.6 Å². The minimum atomic E-state index is -4.09. The monoisotopic (exact) mass is 476 g/mol. The largest absolute Gasteiger partial charge is 0.492 e. The van der Waals surface area contributed by atoms with E-state index >= 15 is 0 Å². The maximum Gasteiger partial charge on any atom is 0.242 e. The summed E-state index contributed by atoms with van der Waals surface area (Å²) >= 11 is 6.14. The van der Waals surface area contributed by atoms with E-state index in [9.17, 15) is 17.6 Å². The Morgan fingerprint density at radius 1 is 1.06 bits per heavy atom. The number of carbonyl (C=O) groups excluding carboxylic acids is 1. The van der Waals surface area contributed by atoms with Crippen LogP contribution in [0.25, 0.3) is 0 Å². The summed E-state index contributed by atoms with van der Waals surface area (Å²) in [5.41, 5.74) is 1.11. The lowest BCUT2D eigenvalue weighted by Crippen LogP contribution is -2.45. The van der Waals surface area contributed by atoms with Crippen LogP contribution in [0.3, 0.4) is 0 Å². The standard InChI is InChI=1S/C23H22ClFN2O4S/c1-2-31-22-13-12-19(15-20(22)24)32(29,30)27-21(14-16-6-4-3-5-7-16)23(28)26-18-10-8-17(25)9-11-18/h3-13,15,21,27H,2,14H2,1H3,(H,26,28)/t21-/m0/s1. The maximum atomic E-state index is 13.2. The first-order valence-electron chi connectivity index (χ1n) is 9.83. The lowest BCUT2D eigenvalue weighted by molar-refractivity contribution is -0.117. The van der Waals surface area contributed by atoms with Crippen molar-refractivity contribution in [1.29, 1.82) is 0 Å². The average Bonchev–Trinajstić information content (AvgIpc) is 2.77. The Labute approximate surface area is 191 Å². The molecule has 0 saturated heterocycles. The second kappa shape index (κ2) is 10.6. The number of ether oxygens (including phenoxy) is 1. The van der Waals surface area contributed by atoms with Gasteiger partial charge in [-0.1, -0.05) is 41.9 Å². The van der Waals surface area contributed by atoms with Gasteiger partial charge in [-0.05, 0) is 61.4 Å². The van der Waals surface area contributed by atoms with Gasteiger partial charge in [-0.25, -0.2) is 12.8 Å². The Hall–Kier alpha value is -2.94. The smallest absolute Gasteiger partial charge is 0.242 e. The van der Waals surface area contributed by atoms with Gasteiger partial charge in [0, 0.05) is 5.69 Å². The fourth-order valence-electron chi connectivity index (χ4n) is 2.98. The average molecular weight is 477 g/mol. The number of anilines is 1. The zero-order chi connectivity index (χ0) is 23.1. The van der Waals surface area contributed by atoms with E-state index in [2.05, 4.69) is 10.0 Å². The third-order valence-corrected chi connectivity index (χ3v) is 6.29. The number of carbonyl (C=O) groups is 1. The van der Waals surface area contributed by atoms with Crippen molar-refractivity contribution in [3.63, 3.8) is 0 Å². The summed E-state index contributed by atoms with van der Waals surface area (Å²) in [5.74, 6) is -0.666. The highest BCUT2D eigenvalue weighted by atomic mass is 35.5. The number of hydrogen-bond donors (Lipinski definition) is 2. The Morgan fingerprint density at radius 2 is 1.75 bits per heavy atom. The van der Waals surface area contributed by atoms with Gasteiger partial charge in [0.15, 0.2) is 0 Å². The molecule has 0 unspecified atom stereocenters. The molecule has 168 valence electrons. The van der Waals surface area contributed by atoms with Crippen LogP contribution in [0.15, 0.2) is 77.7 Å². The molecular weight excluding hydrogens is 455 g/mol. The first-order valence-corrected chi connectivity index (χ1v) is 11.7. The van der Waals surface area contributed by atoms with Crippen LogP contribution in [0.5, 0.6) is 5.75 Å². The van der Waals surface area contributed by atoms with Gasteiger partial charge < -0.3 is 10.1 Å². The summed E-state index contributed by atoms with van der Waals surface area (Å²) in [6.07, 6.45) is 0.109. The minimum Gasteiger partial charge on any atom is -0.492 e. The van der Waals surface area contributed by atoms with Crippen LogP contribution in [-0.2, 0) is 21.2 Å². The van der Waals surface area contributed by atoms with Crippen molar-refractivity contribution in [2.24, 2.45) is 0 Å². The van der Waals surface area contributed by atoms with Crippen molar-refractivity contribution < 1.29 is 22.3 Å². The van der Waals surface area contributed by atoms with Crippen LogP contribution < -0.4 is 14.8 Å². The maximum absolute atomic E-state index is 13.2. The fourth-order valence-corrected chi connectivity index (χ4v) is 4.50. The molecule has 2 N–H and O–H groups in total. The number of nitrogens with one attached hydrogen (secondary N) is 2. The summed E-state index contributed by atoms with van der Waals surface area (Å²) in [7, 11) is -4.09. The van der Waals surface area contributed by atoms with Gasteiger partial charge in [0.05, 0.1) is 16.5 Å². The first-order chi connectivity index (χ1) is 15.3. The lowest BCUT2D eigenvalue weighted by Gasteiger charge is -2.19. The molecule has 32 heavy (non-hydrogen) atoms. The van der Waals surface area contributed by atoms with Crippen molar-refractivity contribution >= 4 is 33.2 Å². The van der Waals surface area contributed by atoms with Crippen molar-refractivity contribution in [1.82, 2.24) is 4.72 Å². The van der Waals surface area contributed by atoms with Crippen LogP contribution in [0.2, 0.25) is 5.02 Å². The molecule has 0 radical (unpaired) electrons. The van der Waals surface area contributed by atoms with Crippen LogP contribution in [0, 0.1) is 5.82 Å². The van der Waals surface area contributed by atoms with Gasteiger partial charge in [-0.2, -0.15) is 4.72 Å². The number of amides is 1. The molecule has 0 saturated carbocycles. The highest BCUT2D eigenvalue weighted by Crippen LogP contribution is 2.27. The van der Waals surface area contributed by atoms with E-state index < -0.39 is 27.8 Å². The topological polar surface area (TPSA) is 84.5 Å². The molecular formula is C23H22ClFN2O4S. The van der Waals surface area contributed by atoms with E-state index in [0.717, 1.165) is 5.56 Å². The van der Waals surface area contributed by atoms with E-state index in [4.69, 9.17) is 16.3 Å². The van der Waals surface area contributed by atoms with E-state index in [1.165, 1.54) is 42.5 Å². The number of benzene rings is 3. The Bertz CT molecular complexity index is 1170. The van der Waals surface area contributed by atoms with E-state index in [0.29, 0.717) is 18.0 Å². The molecule has 6 nitrogen and oxygen atoms in total. The highest BCUT2D eigenvalue weighted by molar-refractivity contribution is 7.89. The van der Waals surface area contributed by atoms with Gasteiger partial charge in [0.25, 0.3) is 0 Å². The fraction of sp³-hybridized carbons (Fsp3) is 0.174. The zero-order valence-corrected chi connectivity index (χ0v) is 18.8. The molecule has 3 aromatic rings. The SMILES string of the molecule is CCOc1ccc(S(=O)(=O)N[C@@H](Cc2ccccc2)C(=O)Nc2ccc(F)cc2)cc1Cl. The normalized spacial score (nSPS) is 12.2.